The maximum absolute atomic E-state index is 11.6. The number of nitrogens with zero attached hydrogens (tertiary/aromatic N) is 1. The van der Waals surface area contributed by atoms with Crippen molar-refractivity contribution in [2.45, 2.75) is 65.2 Å². The molecule has 0 radical (unpaired) electrons. The van der Waals surface area contributed by atoms with E-state index in [2.05, 4.69) is 25.9 Å². The first-order valence-electron chi connectivity index (χ1n) is 7.05. The fraction of sp³-hybridized carbons (Fsp3) is 0.733. The van der Waals surface area contributed by atoms with Crippen molar-refractivity contribution in [3.8, 4) is 0 Å². The number of carbonyl (C=O) groups is 1. The lowest BCUT2D eigenvalue weighted by Gasteiger charge is -2.25. The van der Waals surface area contributed by atoms with Gasteiger partial charge in [-0.25, -0.2) is 4.79 Å². The molecule has 0 bridgehead atoms. The van der Waals surface area contributed by atoms with Crippen LogP contribution in [0.15, 0.2) is 4.52 Å². The molecular formula is C15H23NO3. The number of aromatic carboxylic acids is 1. The number of hydrogen-bond acceptors (Lipinski definition) is 3. The summed E-state index contributed by atoms with van der Waals surface area (Å²) in [6.07, 6.45) is 4.32. The summed E-state index contributed by atoms with van der Waals surface area (Å²) in [6.45, 7) is 8.29. The van der Waals surface area contributed by atoms with Crippen molar-refractivity contribution in [2.75, 3.05) is 0 Å². The van der Waals surface area contributed by atoms with Crippen molar-refractivity contribution in [3.05, 3.63) is 17.0 Å². The summed E-state index contributed by atoms with van der Waals surface area (Å²) in [7, 11) is 0. The van der Waals surface area contributed by atoms with E-state index in [1.54, 1.807) is 0 Å². The zero-order chi connectivity index (χ0) is 14.2. The maximum Gasteiger partial charge on any atom is 0.341 e. The second kappa shape index (κ2) is 4.99. The Bertz CT molecular complexity index is 464. The predicted molar refractivity (Wildman–Crippen MR) is 72.5 cm³/mol. The summed E-state index contributed by atoms with van der Waals surface area (Å²) in [5.74, 6) is -0.0256. The third-order valence-corrected chi connectivity index (χ3v) is 4.39. The monoisotopic (exact) mass is 265 g/mol. The van der Waals surface area contributed by atoms with Crippen LogP contribution in [0.4, 0.5) is 0 Å². The molecule has 0 spiro atoms. The molecule has 0 amide bonds. The van der Waals surface area contributed by atoms with Gasteiger partial charge in [-0.05, 0) is 18.3 Å². The molecule has 1 atom stereocenters. The fourth-order valence-corrected chi connectivity index (χ4v) is 2.70. The third kappa shape index (κ3) is 2.67. The zero-order valence-electron chi connectivity index (χ0n) is 12.2. The molecule has 0 aliphatic heterocycles. The van der Waals surface area contributed by atoms with E-state index in [-0.39, 0.29) is 17.3 Å². The molecule has 2 rings (SSSR count). The Balaban J connectivity index is 2.42. The predicted octanol–water partition coefficient (Wildman–Crippen LogP) is 4.18. The summed E-state index contributed by atoms with van der Waals surface area (Å²) in [5.41, 5.74) is 0.879. The van der Waals surface area contributed by atoms with Crippen LogP contribution < -0.4 is 0 Å². The molecule has 1 aliphatic carbocycles. The van der Waals surface area contributed by atoms with Gasteiger partial charge in [-0.3, -0.25) is 0 Å². The van der Waals surface area contributed by atoms with Gasteiger partial charge >= 0.3 is 5.97 Å². The van der Waals surface area contributed by atoms with Crippen molar-refractivity contribution in [2.24, 2.45) is 5.41 Å². The van der Waals surface area contributed by atoms with Crippen LogP contribution in [-0.4, -0.2) is 16.2 Å². The van der Waals surface area contributed by atoms with Crippen LogP contribution in [0.1, 0.15) is 87.0 Å². The van der Waals surface area contributed by atoms with Gasteiger partial charge in [0.2, 0.25) is 0 Å². The summed E-state index contributed by atoms with van der Waals surface area (Å²) >= 11 is 0. The number of hydrogen-bond donors (Lipinski definition) is 1. The van der Waals surface area contributed by atoms with Gasteiger partial charge < -0.3 is 9.63 Å². The maximum atomic E-state index is 11.6. The molecular weight excluding hydrogens is 242 g/mol. The van der Waals surface area contributed by atoms with Gasteiger partial charge in [0.1, 0.15) is 11.3 Å². The minimum absolute atomic E-state index is 0.0337. The van der Waals surface area contributed by atoms with Crippen molar-refractivity contribution >= 4 is 5.97 Å². The lowest BCUT2D eigenvalue weighted by Crippen LogP contribution is -2.18. The highest BCUT2D eigenvalue weighted by Gasteiger charge is 2.35. The molecule has 19 heavy (non-hydrogen) atoms. The van der Waals surface area contributed by atoms with Crippen LogP contribution in [0.25, 0.3) is 0 Å². The van der Waals surface area contributed by atoms with E-state index in [0.29, 0.717) is 17.0 Å². The Morgan fingerprint density at radius 3 is 2.42 bits per heavy atom. The van der Waals surface area contributed by atoms with E-state index < -0.39 is 5.97 Å². The second-order valence-corrected chi connectivity index (χ2v) is 6.68. The van der Waals surface area contributed by atoms with Gasteiger partial charge in [0, 0.05) is 11.8 Å². The Labute approximate surface area is 114 Å². The van der Waals surface area contributed by atoms with E-state index in [1.165, 1.54) is 0 Å². The number of aromatic nitrogens is 1. The van der Waals surface area contributed by atoms with E-state index in [0.717, 1.165) is 25.7 Å². The molecule has 1 aromatic heterocycles. The van der Waals surface area contributed by atoms with Gasteiger partial charge in [-0.2, -0.15) is 0 Å². The van der Waals surface area contributed by atoms with Gasteiger partial charge in [0.15, 0.2) is 5.76 Å². The van der Waals surface area contributed by atoms with Crippen LogP contribution in [0.2, 0.25) is 0 Å². The molecule has 0 saturated heterocycles. The Morgan fingerprint density at radius 2 is 1.95 bits per heavy atom. The van der Waals surface area contributed by atoms with Crippen molar-refractivity contribution < 1.29 is 14.4 Å². The van der Waals surface area contributed by atoms with Gasteiger partial charge in [-0.1, -0.05) is 45.7 Å². The minimum atomic E-state index is -0.908. The van der Waals surface area contributed by atoms with Gasteiger partial charge in [0.25, 0.3) is 0 Å². The topological polar surface area (TPSA) is 63.3 Å². The summed E-state index contributed by atoms with van der Waals surface area (Å²) in [5, 5.41) is 13.6. The fourth-order valence-electron chi connectivity index (χ4n) is 2.70. The first kappa shape index (κ1) is 14.1. The van der Waals surface area contributed by atoms with Crippen LogP contribution >= 0.6 is 0 Å². The Hall–Kier alpha value is -1.32. The molecule has 4 nitrogen and oxygen atoms in total. The molecule has 1 N–H and O–H groups in total. The third-order valence-electron chi connectivity index (χ3n) is 4.39. The first-order chi connectivity index (χ1) is 8.82. The normalized spacial score (nSPS) is 18.7. The van der Waals surface area contributed by atoms with Crippen LogP contribution in [-0.2, 0) is 0 Å². The quantitative estimate of drug-likeness (QED) is 0.890. The van der Waals surface area contributed by atoms with Gasteiger partial charge in [0.05, 0.1) is 0 Å². The Morgan fingerprint density at radius 1 is 1.37 bits per heavy atom. The SMILES string of the molecule is CC(c1noc(C2CCCC2)c1C(=O)O)C(C)(C)C. The molecule has 0 aromatic carbocycles. The van der Waals surface area contributed by atoms with Crippen LogP contribution in [0.5, 0.6) is 0 Å². The van der Waals surface area contributed by atoms with Crippen LogP contribution in [0.3, 0.4) is 0 Å². The highest BCUT2D eigenvalue weighted by molar-refractivity contribution is 5.90. The molecule has 1 unspecified atom stereocenters. The summed E-state index contributed by atoms with van der Waals surface area (Å²) < 4.78 is 5.43. The van der Waals surface area contributed by atoms with E-state index in [9.17, 15) is 9.90 Å². The highest BCUT2D eigenvalue weighted by Crippen LogP contribution is 2.41. The van der Waals surface area contributed by atoms with Crippen LogP contribution in [0, 0.1) is 5.41 Å². The second-order valence-electron chi connectivity index (χ2n) is 6.68. The molecule has 1 heterocycles. The minimum Gasteiger partial charge on any atom is -0.477 e. The smallest absolute Gasteiger partial charge is 0.341 e. The first-order valence-corrected chi connectivity index (χ1v) is 7.05. The van der Waals surface area contributed by atoms with E-state index in [4.69, 9.17) is 4.52 Å². The van der Waals surface area contributed by atoms with Crippen molar-refractivity contribution in [1.82, 2.24) is 5.16 Å². The molecule has 1 fully saturated rings. The zero-order valence-corrected chi connectivity index (χ0v) is 12.2. The van der Waals surface area contributed by atoms with Crippen molar-refractivity contribution in [3.63, 3.8) is 0 Å². The van der Waals surface area contributed by atoms with Crippen molar-refractivity contribution in [1.29, 1.82) is 0 Å². The average molecular weight is 265 g/mol. The van der Waals surface area contributed by atoms with Gasteiger partial charge in [-0.15, -0.1) is 0 Å². The highest BCUT2D eigenvalue weighted by atomic mass is 16.5. The number of carboxylic acids is 1. The lowest BCUT2D eigenvalue weighted by atomic mass is 9.78. The Kier molecular flexibility index (Phi) is 3.70. The molecule has 1 saturated carbocycles. The number of carboxylic acid groups (broad SMARTS) is 1. The molecule has 1 aliphatic rings. The molecule has 106 valence electrons. The molecule has 4 heteroatoms. The largest absolute Gasteiger partial charge is 0.477 e. The lowest BCUT2D eigenvalue weighted by molar-refractivity contribution is 0.0691. The van der Waals surface area contributed by atoms with E-state index in [1.807, 2.05) is 6.92 Å². The summed E-state index contributed by atoms with van der Waals surface area (Å²) in [6, 6.07) is 0. The molecule has 1 aromatic rings. The summed E-state index contributed by atoms with van der Waals surface area (Å²) in [4.78, 5) is 11.6. The van der Waals surface area contributed by atoms with E-state index >= 15 is 0 Å². The average Bonchev–Trinajstić information content (AvgIpc) is 2.94. The number of rotatable bonds is 3. The standard InChI is InChI=1S/C15H23NO3/c1-9(15(2,3)4)12-11(14(17)18)13(19-16-12)10-7-5-6-8-10/h9-10H,5-8H2,1-4H3,(H,17,18).